The summed E-state index contributed by atoms with van der Waals surface area (Å²) in [7, 11) is 3.48. The number of anilines is 1. The zero-order valence-corrected chi connectivity index (χ0v) is 18.6. The van der Waals surface area contributed by atoms with Crippen molar-refractivity contribution in [3.05, 3.63) is 59.7 Å². The van der Waals surface area contributed by atoms with Crippen LogP contribution in [0.1, 0.15) is 36.9 Å². The number of benzene rings is 2. The first kappa shape index (κ1) is 22.6. The van der Waals surface area contributed by atoms with Crippen LogP contribution in [0.15, 0.2) is 53.5 Å². The maximum absolute atomic E-state index is 11.3. The Kier molecular flexibility index (Phi) is 8.29. The number of likely N-dealkylation sites (tertiary alicyclic amines) is 1. The number of rotatable bonds is 8. The summed E-state index contributed by atoms with van der Waals surface area (Å²) in [5.74, 6) is 1.55. The molecule has 0 radical (unpaired) electrons. The van der Waals surface area contributed by atoms with Crippen molar-refractivity contribution < 1.29 is 9.53 Å². The van der Waals surface area contributed by atoms with Gasteiger partial charge in [-0.2, -0.15) is 0 Å². The first-order chi connectivity index (χ1) is 15.1. The molecule has 2 aromatic carbocycles. The van der Waals surface area contributed by atoms with E-state index in [-0.39, 0.29) is 11.9 Å². The summed E-state index contributed by atoms with van der Waals surface area (Å²) >= 11 is 0. The number of carbonyl (C=O) groups is 1. The van der Waals surface area contributed by atoms with Crippen LogP contribution in [0.2, 0.25) is 0 Å². The summed E-state index contributed by atoms with van der Waals surface area (Å²) < 4.78 is 5.43. The van der Waals surface area contributed by atoms with Crippen molar-refractivity contribution in [2.24, 2.45) is 4.99 Å². The fourth-order valence-corrected chi connectivity index (χ4v) is 3.92. The minimum Gasteiger partial charge on any atom is -0.497 e. The third-order valence-electron chi connectivity index (χ3n) is 5.45. The van der Waals surface area contributed by atoms with Crippen LogP contribution in [0.4, 0.5) is 5.69 Å². The molecule has 1 heterocycles. The summed E-state index contributed by atoms with van der Waals surface area (Å²) in [6.07, 6.45) is 2.47. The number of nitrogens with one attached hydrogen (secondary N) is 3. The monoisotopic (exact) mass is 423 g/mol. The van der Waals surface area contributed by atoms with Gasteiger partial charge in [-0.1, -0.05) is 24.3 Å². The maximum atomic E-state index is 11.3. The van der Waals surface area contributed by atoms with Crippen molar-refractivity contribution >= 4 is 17.6 Å². The smallest absolute Gasteiger partial charge is 0.221 e. The lowest BCUT2D eigenvalue weighted by Crippen LogP contribution is -2.42. The van der Waals surface area contributed by atoms with Crippen molar-refractivity contribution in [3.8, 4) is 5.75 Å². The van der Waals surface area contributed by atoms with Gasteiger partial charge in [0.05, 0.1) is 13.2 Å². The molecule has 2 aromatic rings. The number of hydrogen-bond acceptors (Lipinski definition) is 4. The van der Waals surface area contributed by atoms with Crippen molar-refractivity contribution in [2.75, 3.05) is 39.1 Å². The van der Waals surface area contributed by atoms with E-state index in [1.54, 1.807) is 14.2 Å². The number of guanidine groups is 1. The topological polar surface area (TPSA) is 78.0 Å². The van der Waals surface area contributed by atoms with Gasteiger partial charge in [0.1, 0.15) is 5.75 Å². The second-order valence-electron chi connectivity index (χ2n) is 7.72. The molecule has 7 nitrogen and oxygen atoms in total. The number of nitrogens with zero attached hydrogens (tertiary/aromatic N) is 2. The molecule has 1 saturated heterocycles. The minimum atomic E-state index is -0.0758. The number of ether oxygens (including phenoxy) is 1. The predicted molar refractivity (Wildman–Crippen MR) is 125 cm³/mol. The highest BCUT2D eigenvalue weighted by atomic mass is 16.5. The molecule has 7 heteroatoms. The average molecular weight is 424 g/mol. The lowest BCUT2D eigenvalue weighted by Gasteiger charge is -2.29. The number of aliphatic imine (C=N–C) groups is 1. The van der Waals surface area contributed by atoms with Crippen molar-refractivity contribution in [1.82, 2.24) is 15.5 Å². The van der Waals surface area contributed by atoms with Crippen LogP contribution in [-0.2, 0) is 11.3 Å². The van der Waals surface area contributed by atoms with Gasteiger partial charge >= 0.3 is 0 Å². The fraction of sp³-hybridized carbons (Fsp3) is 0.417. The van der Waals surface area contributed by atoms with E-state index >= 15 is 0 Å². The van der Waals surface area contributed by atoms with E-state index in [2.05, 4.69) is 38.0 Å². The number of amides is 1. The Morgan fingerprint density at radius 3 is 2.61 bits per heavy atom. The standard InChI is InChI=1S/C24H33N5O2/c1-18(30)28-21-10-6-8-19(14-21)16-26-24(25-2)27-17-23(29-12-4-5-13-29)20-9-7-11-22(15-20)31-3/h6-11,14-15,23H,4-5,12-13,16-17H2,1-3H3,(H,28,30)(H2,25,26,27). The van der Waals surface area contributed by atoms with Crippen LogP contribution in [0.25, 0.3) is 0 Å². The molecule has 1 atom stereocenters. The molecule has 166 valence electrons. The molecule has 0 aliphatic carbocycles. The summed E-state index contributed by atoms with van der Waals surface area (Å²) in [5.41, 5.74) is 3.10. The summed E-state index contributed by atoms with van der Waals surface area (Å²) in [6, 6.07) is 16.4. The fourth-order valence-electron chi connectivity index (χ4n) is 3.92. The van der Waals surface area contributed by atoms with Crippen molar-refractivity contribution in [1.29, 1.82) is 0 Å². The van der Waals surface area contributed by atoms with Crippen LogP contribution >= 0.6 is 0 Å². The average Bonchev–Trinajstić information content (AvgIpc) is 3.30. The van der Waals surface area contributed by atoms with Crippen LogP contribution in [0, 0.1) is 0 Å². The Bertz CT molecular complexity index is 893. The van der Waals surface area contributed by atoms with E-state index in [1.165, 1.54) is 25.3 Å². The molecule has 1 unspecified atom stereocenters. The van der Waals surface area contributed by atoms with Crippen LogP contribution in [0.5, 0.6) is 5.75 Å². The molecule has 3 rings (SSSR count). The van der Waals surface area contributed by atoms with E-state index < -0.39 is 0 Å². The quantitative estimate of drug-likeness (QED) is 0.449. The van der Waals surface area contributed by atoms with E-state index in [4.69, 9.17) is 4.74 Å². The molecule has 31 heavy (non-hydrogen) atoms. The lowest BCUT2D eigenvalue weighted by molar-refractivity contribution is -0.114. The zero-order valence-electron chi connectivity index (χ0n) is 18.6. The highest BCUT2D eigenvalue weighted by molar-refractivity contribution is 5.88. The van der Waals surface area contributed by atoms with Crippen LogP contribution in [-0.4, -0.2) is 50.6 Å². The van der Waals surface area contributed by atoms with Gasteiger partial charge in [-0.25, -0.2) is 0 Å². The molecule has 1 fully saturated rings. The van der Waals surface area contributed by atoms with Crippen LogP contribution < -0.4 is 20.7 Å². The van der Waals surface area contributed by atoms with E-state index in [1.807, 2.05) is 36.4 Å². The third-order valence-corrected chi connectivity index (χ3v) is 5.45. The summed E-state index contributed by atoms with van der Waals surface area (Å²) in [6.45, 7) is 5.08. The molecule has 1 amide bonds. The molecule has 0 spiro atoms. The normalized spacial score (nSPS) is 15.4. The number of carbonyl (C=O) groups excluding carboxylic acids is 1. The Hall–Kier alpha value is -3.06. The van der Waals surface area contributed by atoms with E-state index in [0.717, 1.165) is 42.6 Å². The van der Waals surface area contributed by atoms with E-state index in [0.29, 0.717) is 6.54 Å². The molecular formula is C24H33N5O2. The van der Waals surface area contributed by atoms with Gasteiger partial charge in [0, 0.05) is 32.7 Å². The van der Waals surface area contributed by atoms with Crippen LogP contribution in [0.3, 0.4) is 0 Å². The molecule has 3 N–H and O–H groups in total. The second-order valence-corrected chi connectivity index (χ2v) is 7.72. The highest BCUT2D eigenvalue weighted by Gasteiger charge is 2.24. The molecule has 0 saturated carbocycles. The van der Waals surface area contributed by atoms with Gasteiger partial charge < -0.3 is 20.7 Å². The Labute approximate surface area is 184 Å². The van der Waals surface area contributed by atoms with Crippen molar-refractivity contribution in [3.63, 3.8) is 0 Å². The SMILES string of the molecule is CN=C(NCc1cccc(NC(C)=O)c1)NCC(c1cccc(OC)c1)N1CCCC1. The predicted octanol–water partition coefficient (Wildman–Crippen LogP) is 3.16. The lowest BCUT2D eigenvalue weighted by atomic mass is 10.1. The molecule has 1 aliphatic rings. The van der Waals surface area contributed by atoms with Gasteiger partial charge in [0.15, 0.2) is 5.96 Å². The number of hydrogen-bond donors (Lipinski definition) is 3. The van der Waals surface area contributed by atoms with Gasteiger partial charge in [0.25, 0.3) is 0 Å². The molecule has 0 bridgehead atoms. The Morgan fingerprint density at radius 2 is 1.90 bits per heavy atom. The first-order valence-corrected chi connectivity index (χ1v) is 10.8. The van der Waals surface area contributed by atoms with Crippen molar-refractivity contribution in [2.45, 2.75) is 32.4 Å². The zero-order chi connectivity index (χ0) is 22.1. The maximum Gasteiger partial charge on any atom is 0.221 e. The van der Waals surface area contributed by atoms with Gasteiger partial charge in [-0.05, 0) is 61.3 Å². The Balaban J connectivity index is 1.62. The van der Waals surface area contributed by atoms with Gasteiger partial charge in [0.2, 0.25) is 5.91 Å². The van der Waals surface area contributed by atoms with Gasteiger partial charge in [-0.3, -0.25) is 14.7 Å². The first-order valence-electron chi connectivity index (χ1n) is 10.8. The molecule has 0 aromatic heterocycles. The third kappa shape index (κ3) is 6.72. The van der Waals surface area contributed by atoms with E-state index in [9.17, 15) is 4.79 Å². The molecular weight excluding hydrogens is 390 g/mol. The minimum absolute atomic E-state index is 0.0758. The van der Waals surface area contributed by atoms with Gasteiger partial charge in [-0.15, -0.1) is 0 Å². The summed E-state index contributed by atoms with van der Waals surface area (Å²) in [5, 5.41) is 9.67. The Morgan fingerprint density at radius 1 is 1.13 bits per heavy atom. The molecule has 1 aliphatic heterocycles. The number of methoxy groups -OCH3 is 1. The highest BCUT2D eigenvalue weighted by Crippen LogP contribution is 2.27. The largest absolute Gasteiger partial charge is 0.497 e. The summed E-state index contributed by atoms with van der Waals surface area (Å²) in [4.78, 5) is 18.2. The second kappa shape index (κ2) is 11.4.